The zero-order valence-corrected chi connectivity index (χ0v) is 22.7. The molecule has 0 spiro atoms. The number of likely N-dealkylation sites (N-methyl/N-ethyl adjacent to an activating group) is 1. The van der Waals surface area contributed by atoms with E-state index in [4.69, 9.17) is 4.74 Å². The summed E-state index contributed by atoms with van der Waals surface area (Å²) in [5.74, 6) is 0.836. The van der Waals surface area contributed by atoms with Crippen molar-refractivity contribution < 1.29 is 4.74 Å². The molecule has 0 bridgehead atoms. The maximum atomic E-state index is 9.92. The molecule has 0 amide bonds. The van der Waals surface area contributed by atoms with Crippen molar-refractivity contribution in [2.75, 3.05) is 45.7 Å². The number of hydrogen-bond acceptors (Lipinski definition) is 7. The minimum Gasteiger partial charge on any atom is -0.496 e. The number of anilines is 2. The molecule has 5 aromatic rings. The van der Waals surface area contributed by atoms with E-state index in [9.17, 15) is 5.26 Å². The number of nitrogens with one attached hydrogen (secondary N) is 2. The van der Waals surface area contributed by atoms with E-state index >= 15 is 0 Å². The Labute approximate surface area is 226 Å². The van der Waals surface area contributed by atoms with E-state index in [-0.39, 0.29) is 0 Å². The highest BCUT2D eigenvalue weighted by Crippen LogP contribution is 2.42. The molecule has 0 atom stereocenters. The maximum Gasteiger partial charge on any atom is 0.127 e. The third kappa shape index (κ3) is 4.50. The monoisotopic (exact) mass is 522 g/mol. The Hall–Kier alpha value is -3.90. The van der Waals surface area contributed by atoms with Gasteiger partial charge in [-0.25, -0.2) is 4.98 Å². The zero-order chi connectivity index (χ0) is 26.2. The van der Waals surface area contributed by atoms with Crippen molar-refractivity contribution in [3.05, 3.63) is 71.5 Å². The fourth-order valence-electron chi connectivity index (χ4n) is 5.21. The number of piperazine rings is 1. The van der Waals surface area contributed by atoms with Gasteiger partial charge in [-0.2, -0.15) is 5.26 Å². The van der Waals surface area contributed by atoms with Crippen LogP contribution in [0.3, 0.4) is 0 Å². The van der Waals surface area contributed by atoms with Crippen LogP contribution >= 0.6 is 11.3 Å². The van der Waals surface area contributed by atoms with E-state index in [1.54, 1.807) is 24.6 Å². The number of rotatable bonds is 6. The van der Waals surface area contributed by atoms with E-state index in [2.05, 4.69) is 87.6 Å². The molecular formula is C30H30N6OS. The first kappa shape index (κ1) is 24.4. The summed E-state index contributed by atoms with van der Waals surface area (Å²) in [6, 6.07) is 17.1. The highest BCUT2D eigenvalue weighted by Gasteiger charge is 2.19. The fraction of sp³-hybridized carbons (Fsp3) is 0.267. The number of methoxy groups -OCH3 is 1. The Kier molecular flexibility index (Phi) is 6.50. The predicted octanol–water partition coefficient (Wildman–Crippen LogP) is 6.12. The Morgan fingerprint density at radius 1 is 1.11 bits per heavy atom. The van der Waals surface area contributed by atoms with E-state index in [1.165, 1.54) is 5.56 Å². The van der Waals surface area contributed by atoms with E-state index < -0.39 is 0 Å². The van der Waals surface area contributed by atoms with Crippen LogP contribution in [-0.4, -0.2) is 60.1 Å². The summed E-state index contributed by atoms with van der Waals surface area (Å²) in [6.07, 6.45) is 3.61. The van der Waals surface area contributed by atoms with Crippen LogP contribution in [0.2, 0.25) is 0 Å². The highest BCUT2D eigenvalue weighted by atomic mass is 32.1. The number of aryl methyl sites for hydroxylation is 1. The summed E-state index contributed by atoms with van der Waals surface area (Å²) in [5, 5.41) is 15.6. The Morgan fingerprint density at radius 3 is 2.74 bits per heavy atom. The van der Waals surface area contributed by atoms with Gasteiger partial charge in [0.25, 0.3) is 0 Å². The molecule has 192 valence electrons. The topological polar surface area (TPSA) is 80.2 Å². The first-order valence-electron chi connectivity index (χ1n) is 12.8. The lowest BCUT2D eigenvalue weighted by Crippen LogP contribution is -2.43. The molecule has 1 aliphatic rings. The smallest absolute Gasteiger partial charge is 0.127 e. The van der Waals surface area contributed by atoms with Crippen molar-refractivity contribution in [1.82, 2.24) is 19.8 Å². The van der Waals surface area contributed by atoms with Gasteiger partial charge in [-0.05, 0) is 61.5 Å². The molecule has 1 aliphatic heterocycles. The zero-order valence-electron chi connectivity index (χ0n) is 21.8. The number of nitriles is 1. The highest BCUT2D eigenvalue weighted by molar-refractivity contribution is 7.22. The second-order valence-corrected chi connectivity index (χ2v) is 10.9. The van der Waals surface area contributed by atoms with E-state index in [1.807, 2.05) is 6.20 Å². The van der Waals surface area contributed by atoms with Gasteiger partial charge in [-0.1, -0.05) is 6.07 Å². The molecule has 1 fully saturated rings. The SMILES string of the molecule is COc1ccc(CN2CCN(C)CC2)cc1-c1cc2c(Nc3ccc4[nH]ccc4c3C)c(C#N)cnc2s1. The van der Waals surface area contributed by atoms with Crippen LogP contribution in [0.1, 0.15) is 16.7 Å². The summed E-state index contributed by atoms with van der Waals surface area (Å²) in [5.41, 5.74) is 6.82. The summed E-state index contributed by atoms with van der Waals surface area (Å²) < 4.78 is 5.77. The van der Waals surface area contributed by atoms with Crippen LogP contribution in [0.15, 0.2) is 54.9 Å². The Bertz CT molecular complexity index is 1670. The van der Waals surface area contributed by atoms with Crippen molar-refractivity contribution in [3.8, 4) is 22.3 Å². The second kappa shape index (κ2) is 10.1. The summed E-state index contributed by atoms with van der Waals surface area (Å²) in [7, 11) is 3.89. The molecule has 38 heavy (non-hydrogen) atoms. The standard InChI is InChI=1S/C30H30N6OS/c1-19-22-8-9-32-26(22)6-5-25(19)34-29-21(16-31)17-33-30-24(29)15-28(38-30)23-14-20(4-7-27(23)37-3)18-36-12-10-35(2)11-13-36/h4-9,14-15,17,32H,10-13,18H2,1-3H3,(H,33,34). The minimum atomic E-state index is 0.520. The molecule has 1 saturated heterocycles. The molecule has 2 N–H and O–H groups in total. The minimum absolute atomic E-state index is 0.520. The van der Waals surface area contributed by atoms with Gasteiger partial charge in [0.1, 0.15) is 16.6 Å². The lowest BCUT2D eigenvalue weighted by atomic mass is 10.1. The van der Waals surface area contributed by atoms with Gasteiger partial charge in [-0.3, -0.25) is 4.90 Å². The van der Waals surface area contributed by atoms with Gasteiger partial charge in [-0.15, -0.1) is 11.3 Å². The lowest BCUT2D eigenvalue weighted by Gasteiger charge is -2.32. The molecule has 4 heterocycles. The number of aromatic nitrogens is 2. The Morgan fingerprint density at radius 2 is 1.95 bits per heavy atom. The molecule has 2 aromatic carbocycles. The lowest BCUT2D eigenvalue weighted by molar-refractivity contribution is 0.148. The second-order valence-electron chi connectivity index (χ2n) is 9.90. The molecule has 8 heteroatoms. The Balaban J connectivity index is 1.39. The van der Waals surface area contributed by atoms with Crippen LogP contribution in [0, 0.1) is 18.3 Å². The number of pyridine rings is 1. The van der Waals surface area contributed by atoms with Gasteiger partial charge in [0, 0.05) is 77.5 Å². The van der Waals surface area contributed by atoms with Gasteiger partial charge in [0.05, 0.1) is 18.4 Å². The summed E-state index contributed by atoms with van der Waals surface area (Å²) >= 11 is 1.62. The van der Waals surface area contributed by atoms with Gasteiger partial charge < -0.3 is 19.9 Å². The number of thiophene rings is 1. The molecule has 6 rings (SSSR count). The van der Waals surface area contributed by atoms with Crippen molar-refractivity contribution in [2.24, 2.45) is 0 Å². The quantitative estimate of drug-likeness (QED) is 0.280. The maximum absolute atomic E-state index is 9.92. The molecule has 0 saturated carbocycles. The van der Waals surface area contributed by atoms with Gasteiger partial charge >= 0.3 is 0 Å². The predicted molar refractivity (Wildman–Crippen MR) is 155 cm³/mol. The number of hydrogen-bond donors (Lipinski definition) is 2. The van der Waals surface area contributed by atoms with Crippen LogP contribution in [-0.2, 0) is 6.54 Å². The number of aromatic amines is 1. The van der Waals surface area contributed by atoms with Gasteiger partial charge in [0.15, 0.2) is 0 Å². The molecular weight excluding hydrogens is 492 g/mol. The van der Waals surface area contributed by atoms with Gasteiger partial charge in [0.2, 0.25) is 0 Å². The molecule has 7 nitrogen and oxygen atoms in total. The summed E-state index contributed by atoms with van der Waals surface area (Å²) in [4.78, 5) is 14.7. The van der Waals surface area contributed by atoms with Crippen molar-refractivity contribution >= 4 is 43.8 Å². The number of ether oxygens (including phenoxy) is 1. The van der Waals surface area contributed by atoms with E-state index in [0.29, 0.717) is 5.56 Å². The third-order valence-electron chi connectivity index (χ3n) is 7.48. The number of fused-ring (bicyclic) bond motifs is 2. The van der Waals surface area contributed by atoms with Crippen LogP contribution in [0.4, 0.5) is 11.4 Å². The molecule has 0 unspecified atom stereocenters. The van der Waals surface area contributed by atoms with Crippen molar-refractivity contribution in [3.63, 3.8) is 0 Å². The average molecular weight is 523 g/mol. The van der Waals surface area contributed by atoms with Crippen LogP contribution in [0.25, 0.3) is 31.6 Å². The van der Waals surface area contributed by atoms with E-state index in [0.717, 1.165) is 87.0 Å². The number of H-pyrrole nitrogens is 1. The first-order chi connectivity index (χ1) is 18.5. The summed E-state index contributed by atoms with van der Waals surface area (Å²) in [6.45, 7) is 7.35. The van der Waals surface area contributed by atoms with Crippen LogP contribution in [0.5, 0.6) is 5.75 Å². The van der Waals surface area contributed by atoms with Crippen molar-refractivity contribution in [1.29, 1.82) is 5.26 Å². The molecule has 0 aliphatic carbocycles. The fourth-order valence-corrected chi connectivity index (χ4v) is 6.24. The molecule has 0 radical (unpaired) electrons. The first-order valence-corrected chi connectivity index (χ1v) is 13.6. The van der Waals surface area contributed by atoms with Crippen molar-refractivity contribution in [2.45, 2.75) is 13.5 Å². The number of nitrogens with zero attached hydrogens (tertiary/aromatic N) is 4. The molecule has 3 aromatic heterocycles. The van der Waals surface area contributed by atoms with Crippen LogP contribution < -0.4 is 10.1 Å². The normalized spacial score (nSPS) is 14.7. The third-order valence-corrected chi connectivity index (χ3v) is 8.55. The number of benzene rings is 2. The largest absolute Gasteiger partial charge is 0.496 e. The average Bonchev–Trinajstić information content (AvgIpc) is 3.59.